The van der Waals surface area contributed by atoms with Gasteiger partial charge in [0.15, 0.2) is 0 Å². The van der Waals surface area contributed by atoms with Crippen LogP contribution in [-0.2, 0) is 4.79 Å². The Hall–Kier alpha value is -0.500. The van der Waals surface area contributed by atoms with Crippen LogP contribution in [0, 0.1) is 5.92 Å². The number of alkyl halides is 1. The van der Waals surface area contributed by atoms with Gasteiger partial charge in [-0.2, -0.15) is 0 Å². The van der Waals surface area contributed by atoms with Gasteiger partial charge >= 0.3 is 0 Å². The molecule has 1 aliphatic rings. The largest absolute Gasteiger partial charge is 0.356 e. The molecule has 2 nitrogen and oxygen atoms in total. The van der Waals surface area contributed by atoms with Gasteiger partial charge < -0.3 is 5.32 Å². The molecule has 1 rings (SSSR count). The SMILES string of the molecule is O=C(CCCl)NCC1CC=CCC1. The summed E-state index contributed by atoms with van der Waals surface area (Å²) in [6.07, 6.45) is 8.28. The van der Waals surface area contributed by atoms with Gasteiger partial charge in [-0.05, 0) is 25.2 Å². The molecule has 0 aliphatic heterocycles. The molecule has 1 amide bonds. The molecule has 0 aromatic carbocycles. The van der Waals surface area contributed by atoms with E-state index >= 15 is 0 Å². The van der Waals surface area contributed by atoms with Crippen molar-refractivity contribution in [1.82, 2.24) is 5.32 Å². The zero-order chi connectivity index (χ0) is 9.52. The highest BCUT2D eigenvalue weighted by molar-refractivity contribution is 6.18. The molecule has 1 aliphatic carbocycles. The third-order valence-corrected chi connectivity index (χ3v) is 2.48. The maximum Gasteiger partial charge on any atom is 0.221 e. The van der Waals surface area contributed by atoms with Crippen LogP contribution in [0.2, 0.25) is 0 Å². The average Bonchev–Trinajstić information content (AvgIpc) is 2.17. The molecule has 1 N–H and O–H groups in total. The van der Waals surface area contributed by atoms with E-state index in [4.69, 9.17) is 11.6 Å². The Morgan fingerprint density at radius 3 is 3.00 bits per heavy atom. The first-order valence-electron chi connectivity index (χ1n) is 4.80. The van der Waals surface area contributed by atoms with Crippen LogP contribution < -0.4 is 5.32 Å². The first kappa shape index (κ1) is 10.6. The van der Waals surface area contributed by atoms with Crippen LogP contribution in [0.1, 0.15) is 25.7 Å². The van der Waals surface area contributed by atoms with E-state index < -0.39 is 0 Å². The lowest BCUT2D eigenvalue weighted by Gasteiger charge is -2.17. The van der Waals surface area contributed by atoms with Crippen LogP contribution >= 0.6 is 11.6 Å². The molecule has 0 bridgehead atoms. The third kappa shape index (κ3) is 4.32. The minimum atomic E-state index is 0.0737. The second-order valence-corrected chi connectivity index (χ2v) is 3.77. The maximum atomic E-state index is 11.1. The number of carbonyl (C=O) groups is 1. The van der Waals surface area contributed by atoms with Crippen LogP contribution in [0.5, 0.6) is 0 Å². The molecular formula is C10H16ClNO. The number of nitrogens with one attached hydrogen (secondary N) is 1. The van der Waals surface area contributed by atoms with Crippen molar-refractivity contribution < 1.29 is 4.79 Å². The van der Waals surface area contributed by atoms with Gasteiger partial charge in [0.1, 0.15) is 0 Å². The molecule has 13 heavy (non-hydrogen) atoms. The summed E-state index contributed by atoms with van der Waals surface area (Å²) in [6.45, 7) is 0.806. The van der Waals surface area contributed by atoms with E-state index in [-0.39, 0.29) is 5.91 Å². The number of allylic oxidation sites excluding steroid dienone is 2. The zero-order valence-corrected chi connectivity index (χ0v) is 8.52. The normalized spacial score (nSPS) is 21.5. The van der Waals surface area contributed by atoms with Crippen molar-refractivity contribution in [2.75, 3.05) is 12.4 Å². The second-order valence-electron chi connectivity index (χ2n) is 3.39. The fourth-order valence-corrected chi connectivity index (χ4v) is 1.65. The Morgan fingerprint density at radius 1 is 1.54 bits per heavy atom. The highest BCUT2D eigenvalue weighted by atomic mass is 35.5. The van der Waals surface area contributed by atoms with Crippen LogP contribution in [0.3, 0.4) is 0 Å². The molecule has 0 radical (unpaired) electrons. The van der Waals surface area contributed by atoms with E-state index in [1.54, 1.807) is 0 Å². The Morgan fingerprint density at radius 2 is 2.38 bits per heavy atom. The summed E-state index contributed by atoms with van der Waals surface area (Å²) in [5.74, 6) is 1.12. The van der Waals surface area contributed by atoms with Crippen LogP contribution in [0.4, 0.5) is 0 Å². The Kier molecular flexibility index (Phi) is 4.91. The minimum absolute atomic E-state index is 0.0737. The van der Waals surface area contributed by atoms with Gasteiger partial charge in [0.05, 0.1) is 0 Å². The van der Waals surface area contributed by atoms with Gasteiger partial charge in [0.25, 0.3) is 0 Å². The topological polar surface area (TPSA) is 29.1 Å². The fourth-order valence-electron chi connectivity index (χ4n) is 1.47. The lowest BCUT2D eigenvalue weighted by atomic mass is 9.94. The molecule has 1 atom stereocenters. The number of halogens is 1. The van der Waals surface area contributed by atoms with Crippen LogP contribution in [0.25, 0.3) is 0 Å². The van der Waals surface area contributed by atoms with Crippen molar-refractivity contribution >= 4 is 17.5 Å². The van der Waals surface area contributed by atoms with E-state index in [9.17, 15) is 4.79 Å². The second kappa shape index (κ2) is 6.03. The summed E-state index contributed by atoms with van der Waals surface area (Å²) < 4.78 is 0. The number of amides is 1. The van der Waals surface area contributed by atoms with Gasteiger partial charge in [0.2, 0.25) is 5.91 Å². The van der Waals surface area contributed by atoms with E-state index in [0.29, 0.717) is 18.2 Å². The average molecular weight is 202 g/mol. The highest BCUT2D eigenvalue weighted by Crippen LogP contribution is 2.16. The van der Waals surface area contributed by atoms with Crippen molar-refractivity contribution in [3.63, 3.8) is 0 Å². The fraction of sp³-hybridized carbons (Fsp3) is 0.700. The van der Waals surface area contributed by atoms with E-state index in [0.717, 1.165) is 19.4 Å². The van der Waals surface area contributed by atoms with E-state index in [2.05, 4.69) is 17.5 Å². The van der Waals surface area contributed by atoms with Gasteiger partial charge in [-0.15, -0.1) is 11.6 Å². The van der Waals surface area contributed by atoms with Gasteiger partial charge in [0, 0.05) is 18.8 Å². The van der Waals surface area contributed by atoms with Gasteiger partial charge in [-0.1, -0.05) is 12.2 Å². The molecule has 74 valence electrons. The lowest BCUT2D eigenvalue weighted by Crippen LogP contribution is -2.29. The molecule has 3 heteroatoms. The number of carbonyl (C=O) groups excluding carboxylic acids is 1. The monoisotopic (exact) mass is 201 g/mol. The van der Waals surface area contributed by atoms with Crippen molar-refractivity contribution in [1.29, 1.82) is 0 Å². The molecule has 0 heterocycles. The summed E-state index contributed by atoms with van der Waals surface area (Å²) in [5, 5.41) is 2.90. The smallest absolute Gasteiger partial charge is 0.221 e. The first-order chi connectivity index (χ1) is 6.33. The number of hydrogen-bond acceptors (Lipinski definition) is 1. The molecule has 0 spiro atoms. The quantitative estimate of drug-likeness (QED) is 0.548. The summed E-state index contributed by atoms with van der Waals surface area (Å²) in [4.78, 5) is 11.1. The summed E-state index contributed by atoms with van der Waals surface area (Å²) in [6, 6.07) is 0. The van der Waals surface area contributed by atoms with Crippen molar-refractivity contribution in [3.05, 3.63) is 12.2 Å². The highest BCUT2D eigenvalue weighted by Gasteiger charge is 2.10. The summed E-state index contributed by atoms with van der Waals surface area (Å²) in [5.41, 5.74) is 0. The van der Waals surface area contributed by atoms with Gasteiger partial charge in [-0.3, -0.25) is 4.79 Å². The lowest BCUT2D eigenvalue weighted by molar-refractivity contribution is -0.120. The Balaban J connectivity index is 2.11. The predicted molar refractivity (Wildman–Crippen MR) is 54.8 cm³/mol. The van der Waals surface area contributed by atoms with E-state index in [1.165, 1.54) is 6.42 Å². The molecule has 0 saturated heterocycles. The minimum Gasteiger partial charge on any atom is -0.356 e. The summed E-state index contributed by atoms with van der Waals surface area (Å²) >= 11 is 5.45. The first-order valence-corrected chi connectivity index (χ1v) is 5.34. The van der Waals surface area contributed by atoms with Crippen molar-refractivity contribution in [2.24, 2.45) is 5.92 Å². The van der Waals surface area contributed by atoms with Crippen LogP contribution in [-0.4, -0.2) is 18.3 Å². The molecule has 0 aromatic heterocycles. The molecular weight excluding hydrogens is 186 g/mol. The van der Waals surface area contributed by atoms with Crippen molar-refractivity contribution in [2.45, 2.75) is 25.7 Å². The van der Waals surface area contributed by atoms with Crippen LogP contribution in [0.15, 0.2) is 12.2 Å². The third-order valence-electron chi connectivity index (χ3n) is 2.29. The maximum absolute atomic E-state index is 11.1. The van der Waals surface area contributed by atoms with Gasteiger partial charge in [-0.25, -0.2) is 0 Å². The zero-order valence-electron chi connectivity index (χ0n) is 7.76. The standard InChI is InChI=1S/C10H16ClNO/c11-7-6-10(13)12-8-9-4-2-1-3-5-9/h1-2,9H,3-8H2,(H,12,13). The molecule has 0 fully saturated rings. The van der Waals surface area contributed by atoms with Crippen molar-refractivity contribution in [3.8, 4) is 0 Å². The molecule has 0 aromatic rings. The predicted octanol–water partition coefficient (Wildman–Crippen LogP) is 2.09. The summed E-state index contributed by atoms with van der Waals surface area (Å²) in [7, 11) is 0. The number of rotatable bonds is 4. The molecule has 1 unspecified atom stereocenters. The van der Waals surface area contributed by atoms with E-state index in [1.807, 2.05) is 0 Å². The number of hydrogen-bond donors (Lipinski definition) is 1. The Labute approximate surface area is 84.3 Å². The Bertz CT molecular complexity index is 191. The molecule has 0 saturated carbocycles.